The zero-order chi connectivity index (χ0) is 19.4. The number of rotatable bonds is 8. The summed E-state index contributed by atoms with van der Waals surface area (Å²) in [7, 11) is -1.96. The van der Waals surface area contributed by atoms with Gasteiger partial charge in [0.1, 0.15) is 15.0 Å². The molecule has 0 saturated carbocycles. The molecule has 0 radical (unpaired) electrons. The number of thiazole rings is 1. The Bertz CT molecular complexity index is 989. The second-order valence-corrected chi connectivity index (χ2v) is 10.3. The summed E-state index contributed by atoms with van der Waals surface area (Å²) in [4.78, 5) is 4.62. The lowest BCUT2D eigenvalue weighted by Gasteiger charge is -2.06. The molecule has 0 aliphatic heterocycles. The fourth-order valence-corrected chi connectivity index (χ4v) is 5.64. The Labute approximate surface area is 168 Å². The summed E-state index contributed by atoms with van der Waals surface area (Å²) >= 11 is 2.76. The van der Waals surface area contributed by atoms with Crippen molar-refractivity contribution in [1.82, 2.24) is 9.71 Å². The maximum absolute atomic E-state index is 12.6. The Morgan fingerprint density at radius 3 is 2.56 bits per heavy atom. The molecule has 0 unspecified atom stereocenters. The minimum Gasteiger partial charge on any atom is -0.497 e. The van der Waals surface area contributed by atoms with E-state index in [2.05, 4.69) is 23.6 Å². The molecule has 3 rings (SSSR count). The van der Waals surface area contributed by atoms with Crippen LogP contribution in [0.1, 0.15) is 25.1 Å². The van der Waals surface area contributed by atoms with Gasteiger partial charge in [0, 0.05) is 22.9 Å². The number of sulfonamides is 1. The summed E-state index contributed by atoms with van der Waals surface area (Å²) in [6.07, 6.45) is 0.926. The molecule has 0 spiro atoms. The Balaban J connectivity index is 1.69. The third-order valence-electron chi connectivity index (χ3n) is 3.88. The van der Waals surface area contributed by atoms with Crippen molar-refractivity contribution in [3.8, 4) is 16.3 Å². The monoisotopic (exact) mass is 422 g/mol. The fraction of sp³-hybridized carbons (Fsp3) is 0.316. The van der Waals surface area contributed by atoms with Gasteiger partial charge in [-0.25, -0.2) is 18.1 Å². The Morgan fingerprint density at radius 1 is 1.15 bits per heavy atom. The van der Waals surface area contributed by atoms with Crippen molar-refractivity contribution in [3.63, 3.8) is 0 Å². The molecule has 0 fully saturated rings. The highest BCUT2D eigenvalue weighted by Gasteiger charge is 2.18. The summed E-state index contributed by atoms with van der Waals surface area (Å²) < 4.78 is 33.2. The minimum atomic E-state index is -3.56. The molecule has 5 nitrogen and oxygen atoms in total. The standard InChI is InChI=1S/C19H22N2O3S3/c1-13(2)8-16-12-26-19(21-16)15-9-18(25-11-15)27(22,23)20-10-14-4-6-17(24-3)7-5-14/h4-7,9,11-13,20H,8,10H2,1-3H3. The van der Waals surface area contributed by atoms with Gasteiger partial charge in [0.25, 0.3) is 0 Å². The van der Waals surface area contributed by atoms with Gasteiger partial charge in [-0.05, 0) is 36.1 Å². The van der Waals surface area contributed by atoms with Gasteiger partial charge in [-0.1, -0.05) is 26.0 Å². The zero-order valence-electron chi connectivity index (χ0n) is 15.4. The topological polar surface area (TPSA) is 68.3 Å². The summed E-state index contributed by atoms with van der Waals surface area (Å²) in [5, 5.41) is 4.75. The van der Waals surface area contributed by atoms with Gasteiger partial charge in [0.2, 0.25) is 10.0 Å². The van der Waals surface area contributed by atoms with Crippen LogP contribution in [-0.2, 0) is 23.0 Å². The quantitative estimate of drug-likeness (QED) is 0.578. The molecule has 2 aromatic heterocycles. The number of hydrogen-bond acceptors (Lipinski definition) is 6. The van der Waals surface area contributed by atoms with Crippen LogP contribution < -0.4 is 9.46 Å². The van der Waals surface area contributed by atoms with E-state index in [4.69, 9.17) is 4.74 Å². The van der Waals surface area contributed by atoms with E-state index < -0.39 is 10.0 Å². The Hall–Kier alpha value is -1.74. The molecule has 144 valence electrons. The number of hydrogen-bond donors (Lipinski definition) is 1. The molecule has 27 heavy (non-hydrogen) atoms. The number of aromatic nitrogens is 1. The predicted octanol–water partition coefficient (Wildman–Crippen LogP) is 4.56. The second kappa shape index (κ2) is 8.52. The Morgan fingerprint density at radius 2 is 1.89 bits per heavy atom. The van der Waals surface area contributed by atoms with Gasteiger partial charge in [0.15, 0.2) is 0 Å². The first kappa shape index (κ1) is 20.0. The smallest absolute Gasteiger partial charge is 0.250 e. The lowest BCUT2D eigenvalue weighted by Crippen LogP contribution is -2.22. The summed E-state index contributed by atoms with van der Waals surface area (Å²) in [5.74, 6) is 1.28. The van der Waals surface area contributed by atoms with Crippen LogP contribution in [0.3, 0.4) is 0 Å². The van der Waals surface area contributed by atoms with Crippen molar-refractivity contribution in [2.45, 2.75) is 31.0 Å². The maximum atomic E-state index is 12.6. The SMILES string of the molecule is COc1ccc(CNS(=O)(=O)c2cc(-c3nc(CC(C)C)cs3)cs2)cc1. The van der Waals surface area contributed by atoms with E-state index in [1.807, 2.05) is 35.0 Å². The number of methoxy groups -OCH3 is 1. The van der Waals surface area contributed by atoms with Gasteiger partial charge in [-0.15, -0.1) is 22.7 Å². The number of ether oxygens (including phenoxy) is 1. The predicted molar refractivity (Wildman–Crippen MR) is 111 cm³/mol. The highest BCUT2D eigenvalue weighted by Crippen LogP contribution is 2.31. The van der Waals surface area contributed by atoms with Gasteiger partial charge >= 0.3 is 0 Å². The molecular formula is C19H22N2O3S3. The summed E-state index contributed by atoms with van der Waals surface area (Å²) in [6.45, 7) is 4.54. The molecule has 1 N–H and O–H groups in total. The molecule has 0 aliphatic rings. The van der Waals surface area contributed by atoms with Crippen LogP contribution in [0.2, 0.25) is 0 Å². The van der Waals surface area contributed by atoms with Crippen LogP contribution in [-0.4, -0.2) is 20.5 Å². The van der Waals surface area contributed by atoms with E-state index in [-0.39, 0.29) is 6.54 Å². The molecule has 0 amide bonds. The molecule has 0 saturated heterocycles. The molecular weight excluding hydrogens is 400 g/mol. The van der Waals surface area contributed by atoms with Crippen molar-refractivity contribution >= 4 is 32.7 Å². The number of thiophene rings is 1. The molecule has 2 heterocycles. The van der Waals surface area contributed by atoms with E-state index in [0.717, 1.165) is 34.0 Å². The summed E-state index contributed by atoms with van der Waals surface area (Å²) in [5.41, 5.74) is 2.78. The largest absolute Gasteiger partial charge is 0.497 e. The van der Waals surface area contributed by atoms with Crippen molar-refractivity contribution in [3.05, 3.63) is 52.3 Å². The third-order valence-corrected chi connectivity index (χ3v) is 7.66. The van der Waals surface area contributed by atoms with Gasteiger partial charge < -0.3 is 4.74 Å². The van der Waals surface area contributed by atoms with Crippen LogP contribution in [0.15, 0.2) is 45.3 Å². The van der Waals surface area contributed by atoms with Crippen LogP contribution in [0.4, 0.5) is 0 Å². The fourth-order valence-electron chi connectivity index (χ4n) is 2.51. The second-order valence-electron chi connectivity index (χ2n) is 6.57. The number of nitrogens with zero attached hydrogens (tertiary/aromatic N) is 1. The number of benzene rings is 1. The first-order chi connectivity index (χ1) is 12.9. The van der Waals surface area contributed by atoms with Gasteiger partial charge in [-0.2, -0.15) is 0 Å². The first-order valence-corrected chi connectivity index (χ1v) is 11.8. The Kier molecular flexibility index (Phi) is 6.31. The van der Waals surface area contributed by atoms with E-state index in [0.29, 0.717) is 10.1 Å². The first-order valence-electron chi connectivity index (χ1n) is 8.53. The van der Waals surface area contributed by atoms with Gasteiger partial charge in [-0.3, -0.25) is 0 Å². The molecule has 0 bridgehead atoms. The van der Waals surface area contributed by atoms with E-state index in [9.17, 15) is 8.42 Å². The van der Waals surface area contributed by atoms with E-state index in [1.165, 1.54) is 11.3 Å². The number of nitrogens with one attached hydrogen (secondary N) is 1. The molecule has 8 heteroatoms. The van der Waals surface area contributed by atoms with Crippen molar-refractivity contribution in [1.29, 1.82) is 0 Å². The molecule has 0 atom stereocenters. The normalized spacial score (nSPS) is 11.9. The maximum Gasteiger partial charge on any atom is 0.250 e. The molecule has 1 aromatic carbocycles. The summed E-state index contributed by atoms with van der Waals surface area (Å²) in [6, 6.07) is 8.99. The average Bonchev–Trinajstić information content (AvgIpc) is 3.29. The third kappa shape index (κ3) is 5.16. The highest BCUT2D eigenvalue weighted by molar-refractivity contribution is 7.91. The highest BCUT2D eigenvalue weighted by atomic mass is 32.2. The van der Waals surface area contributed by atoms with Crippen LogP contribution in [0.5, 0.6) is 5.75 Å². The molecule has 3 aromatic rings. The zero-order valence-corrected chi connectivity index (χ0v) is 17.9. The minimum absolute atomic E-state index is 0.231. The van der Waals surface area contributed by atoms with E-state index >= 15 is 0 Å². The van der Waals surface area contributed by atoms with Crippen molar-refractivity contribution < 1.29 is 13.2 Å². The lowest BCUT2D eigenvalue weighted by molar-refractivity contribution is 0.414. The lowest BCUT2D eigenvalue weighted by atomic mass is 10.1. The van der Waals surface area contributed by atoms with Gasteiger partial charge in [0.05, 0.1) is 12.8 Å². The van der Waals surface area contributed by atoms with Crippen molar-refractivity contribution in [2.24, 2.45) is 5.92 Å². The van der Waals surface area contributed by atoms with Crippen molar-refractivity contribution in [2.75, 3.05) is 7.11 Å². The van der Waals surface area contributed by atoms with Crippen LogP contribution >= 0.6 is 22.7 Å². The molecule has 0 aliphatic carbocycles. The van der Waals surface area contributed by atoms with Crippen LogP contribution in [0, 0.1) is 5.92 Å². The van der Waals surface area contributed by atoms with E-state index in [1.54, 1.807) is 24.5 Å². The van der Waals surface area contributed by atoms with Crippen LogP contribution in [0.25, 0.3) is 10.6 Å². The average molecular weight is 423 g/mol.